The van der Waals surface area contributed by atoms with Crippen LogP contribution in [0.3, 0.4) is 0 Å². The molecule has 21 heavy (non-hydrogen) atoms. The average Bonchev–Trinajstić information content (AvgIpc) is 2.50. The van der Waals surface area contributed by atoms with Crippen LogP contribution in [0.4, 0.5) is 0 Å². The van der Waals surface area contributed by atoms with Crippen molar-refractivity contribution in [2.75, 3.05) is 13.4 Å². The van der Waals surface area contributed by atoms with Crippen LogP contribution in [0.2, 0.25) is 0 Å². The second-order valence-corrected chi connectivity index (χ2v) is 5.49. The minimum atomic E-state index is 0.376. The van der Waals surface area contributed by atoms with Crippen LogP contribution in [-0.4, -0.2) is 19.7 Å². The number of carbonyl (C=O) groups excluding carboxylic acids is 1. The van der Waals surface area contributed by atoms with Crippen molar-refractivity contribution < 1.29 is 14.3 Å². The summed E-state index contributed by atoms with van der Waals surface area (Å²) in [6.07, 6.45) is 19.0. The molecular weight excluding hydrogens is 264 g/mol. The molecule has 0 saturated heterocycles. The third-order valence-electron chi connectivity index (χ3n) is 3.43. The summed E-state index contributed by atoms with van der Waals surface area (Å²) in [5.41, 5.74) is 0. The molecule has 0 bridgehead atoms. The van der Waals surface area contributed by atoms with E-state index < -0.39 is 0 Å². The minimum Gasteiger partial charge on any atom is -0.475 e. The van der Waals surface area contributed by atoms with Gasteiger partial charge in [0.1, 0.15) is 6.29 Å². The standard InChI is InChI=1S/C18H34O3/c1-2-3-16-20-18-21-17-14-12-10-8-6-4-5-7-9-11-13-15-19/h14-15,17H,2-13,16,18H2,1H3. The van der Waals surface area contributed by atoms with Crippen molar-refractivity contribution in [1.82, 2.24) is 0 Å². The van der Waals surface area contributed by atoms with Crippen LogP contribution in [0.5, 0.6) is 0 Å². The van der Waals surface area contributed by atoms with Gasteiger partial charge in [-0.25, -0.2) is 0 Å². The summed E-state index contributed by atoms with van der Waals surface area (Å²) in [6, 6.07) is 0. The number of hydrogen-bond donors (Lipinski definition) is 0. The van der Waals surface area contributed by atoms with E-state index in [9.17, 15) is 4.79 Å². The van der Waals surface area contributed by atoms with Gasteiger partial charge in [-0.3, -0.25) is 0 Å². The molecule has 0 aliphatic heterocycles. The fraction of sp³-hybridized carbons (Fsp3) is 0.833. The molecule has 0 saturated carbocycles. The zero-order valence-electron chi connectivity index (χ0n) is 13.9. The number of aldehydes is 1. The fourth-order valence-corrected chi connectivity index (χ4v) is 2.08. The van der Waals surface area contributed by atoms with Crippen molar-refractivity contribution >= 4 is 6.29 Å². The Morgan fingerprint density at radius 2 is 1.43 bits per heavy atom. The molecule has 0 unspecified atom stereocenters. The summed E-state index contributed by atoms with van der Waals surface area (Å²) in [7, 11) is 0. The van der Waals surface area contributed by atoms with Crippen molar-refractivity contribution in [3.05, 3.63) is 12.3 Å². The number of carbonyl (C=O) groups is 1. The highest BCUT2D eigenvalue weighted by Crippen LogP contribution is 2.10. The summed E-state index contributed by atoms with van der Waals surface area (Å²) in [4.78, 5) is 10.1. The molecule has 0 aliphatic rings. The van der Waals surface area contributed by atoms with Crippen molar-refractivity contribution in [2.24, 2.45) is 0 Å². The monoisotopic (exact) mass is 298 g/mol. The zero-order valence-corrected chi connectivity index (χ0v) is 13.9. The van der Waals surface area contributed by atoms with Crippen molar-refractivity contribution in [3.63, 3.8) is 0 Å². The van der Waals surface area contributed by atoms with Gasteiger partial charge < -0.3 is 14.3 Å². The maximum absolute atomic E-state index is 10.1. The Bertz CT molecular complexity index is 227. The molecule has 0 aromatic rings. The first-order chi connectivity index (χ1) is 10.4. The Morgan fingerprint density at radius 3 is 2.05 bits per heavy atom. The number of ether oxygens (including phenoxy) is 2. The fourth-order valence-electron chi connectivity index (χ4n) is 2.08. The lowest BCUT2D eigenvalue weighted by Crippen LogP contribution is -1.97. The third kappa shape index (κ3) is 19.2. The highest BCUT2D eigenvalue weighted by molar-refractivity contribution is 5.48. The predicted molar refractivity (Wildman–Crippen MR) is 88.2 cm³/mol. The van der Waals surface area contributed by atoms with Crippen LogP contribution in [0.1, 0.15) is 84.0 Å². The summed E-state index contributed by atoms with van der Waals surface area (Å²) < 4.78 is 10.5. The van der Waals surface area contributed by atoms with E-state index in [0.29, 0.717) is 6.79 Å². The molecule has 0 heterocycles. The smallest absolute Gasteiger partial charge is 0.188 e. The Hall–Kier alpha value is -0.830. The average molecular weight is 298 g/mol. The Labute approximate surface area is 131 Å². The summed E-state index contributed by atoms with van der Waals surface area (Å²) >= 11 is 0. The van der Waals surface area contributed by atoms with Gasteiger partial charge in [0.25, 0.3) is 0 Å². The van der Waals surface area contributed by atoms with E-state index in [1.165, 1.54) is 44.9 Å². The lowest BCUT2D eigenvalue weighted by molar-refractivity contribution is -0.107. The van der Waals surface area contributed by atoms with E-state index in [0.717, 1.165) is 45.0 Å². The van der Waals surface area contributed by atoms with Gasteiger partial charge in [-0.05, 0) is 31.8 Å². The van der Waals surface area contributed by atoms with Gasteiger partial charge >= 0.3 is 0 Å². The minimum absolute atomic E-state index is 0.376. The Kier molecular flexibility index (Phi) is 18.4. The van der Waals surface area contributed by atoms with E-state index in [4.69, 9.17) is 9.47 Å². The summed E-state index contributed by atoms with van der Waals surface area (Å²) in [5.74, 6) is 0. The molecule has 0 fully saturated rings. The molecule has 0 aromatic heterocycles. The molecule has 124 valence electrons. The lowest BCUT2D eigenvalue weighted by atomic mass is 10.1. The van der Waals surface area contributed by atoms with Gasteiger partial charge in [0.15, 0.2) is 6.79 Å². The normalized spacial score (nSPS) is 11.1. The van der Waals surface area contributed by atoms with Gasteiger partial charge in [0, 0.05) is 6.42 Å². The lowest BCUT2D eigenvalue weighted by Gasteiger charge is -2.02. The van der Waals surface area contributed by atoms with Crippen molar-refractivity contribution in [3.8, 4) is 0 Å². The summed E-state index contributed by atoms with van der Waals surface area (Å²) in [6.45, 7) is 3.32. The molecular formula is C18H34O3. The maximum Gasteiger partial charge on any atom is 0.188 e. The first-order valence-corrected chi connectivity index (χ1v) is 8.69. The molecule has 0 spiro atoms. The molecule has 3 heteroatoms. The van der Waals surface area contributed by atoms with Gasteiger partial charge in [0.2, 0.25) is 0 Å². The van der Waals surface area contributed by atoms with Crippen LogP contribution in [-0.2, 0) is 14.3 Å². The van der Waals surface area contributed by atoms with Gasteiger partial charge in [0.05, 0.1) is 12.9 Å². The highest BCUT2D eigenvalue weighted by Gasteiger charge is 1.92. The molecule has 0 aromatic carbocycles. The van der Waals surface area contributed by atoms with E-state index in [1.807, 2.05) is 0 Å². The third-order valence-corrected chi connectivity index (χ3v) is 3.43. The first-order valence-electron chi connectivity index (χ1n) is 8.69. The Morgan fingerprint density at radius 1 is 0.810 bits per heavy atom. The quantitative estimate of drug-likeness (QED) is 0.156. The van der Waals surface area contributed by atoms with Crippen LogP contribution < -0.4 is 0 Å². The maximum atomic E-state index is 10.1. The van der Waals surface area contributed by atoms with Crippen LogP contribution >= 0.6 is 0 Å². The van der Waals surface area contributed by atoms with E-state index >= 15 is 0 Å². The van der Waals surface area contributed by atoms with Gasteiger partial charge in [-0.15, -0.1) is 0 Å². The van der Waals surface area contributed by atoms with Crippen molar-refractivity contribution in [1.29, 1.82) is 0 Å². The molecule has 0 aliphatic carbocycles. The number of allylic oxidation sites excluding steroid dienone is 1. The molecule has 0 atom stereocenters. The van der Waals surface area contributed by atoms with Crippen LogP contribution in [0.25, 0.3) is 0 Å². The van der Waals surface area contributed by atoms with Crippen LogP contribution in [0, 0.1) is 0 Å². The molecule has 3 nitrogen and oxygen atoms in total. The van der Waals surface area contributed by atoms with Crippen molar-refractivity contribution in [2.45, 2.75) is 84.0 Å². The molecule has 0 radical (unpaired) electrons. The van der Waals surface area contributed by atoms with E-state index in [2.05, 4.69) is 13.0 Å². The number of hydrogen-bond acceptors (Lipinski definition) is 3. The predicted octanol–water partition coefficient (Wildman–Crippen LogP) is 5.39. The molecule has 0 amide bonds. The van der Waals surface area contributed by atoms with E-state index in [1.54, 1.807) is 6.26 Å². The Balaban J connectivity index is 3.02. The second kappa shape index (κ2) is 19.2. The zero-order chi connectivity index (χ0) is 15.4. The van der Waals surface area contributed by atoms with Gasteiger partial charge in [-0.1, -0.05) is 51.9 Å². The largest absolute Gasteiger partial charge is 0.475 e. The topological polar surface area (TPSA) is 35.5 Å². The molecule has 0 rings (SSSR count). The van der Waals surface area contributed by atoms with Crippen LogP contribution in [0.15, 0.2) is 12.3 Å². The SMILES string of the molecule is CCCCOCOC=CCCCCCCCCCCC=O. The van der Waals surface area contributed by atoms with Gasteiger partial charge in [-0.2, -0.15) is 0 Å². The first kappa shape index (κ1) is 20.2. The highest BCUT2D eigenvalue weighted by atomic mass is 16.7. The number of rotatable bonds is 17. The molecule has 0 N–H and O–H groups in total. The summed E-state index contributed by atoms with van der Waals surface area (Å²) in [5, 5.41) is 0. The second-order valence-electron chi connectivity index (χ2n) is 5.49. The van der Waals surface area contributed by atoms with E-state index in [-0.39, 0.29) is 0 Å². The number of unbranched alkanes of at least 4 members (excludes halogenated alkanes) is 10.